The predicted octanol–water partition coefficient (Wildman–Crippen LogP) is 1.59. The lowest BCUT2D eigenvalue weighted by atomic mass is 10.2. The van der Waals surface area contributed by atoms with Gasteiger partial charge in [0, 0.05) is 30.7 Å². The van der Waals surface area contributed by atoms with Crippen LogP contribution in [0.15, 0.2) is 27.6 Å². The van der Waals surface area contributed by atoms with E-state index in [0.29, 0.717) is 37.6 Å². The van der Waals surface area contributed by atoms with E-state index in [1.165, 1.54) is 4.31 Å². The Morgan fingerprint density at radius 2 is 1.95 bits per heavy atom. The number of nitriles is 1. The second-order valence-corrected chi connectivity index (χ2v) is 7.54. The highest BCUT2D eigenvalue weighted by Gasteiger charge is 2.28. The molecule has 1 aliphatic rings. The summed E-state index contributed by atoms with van der Waals surface area (Å²) in [5.74, 6) is 0. The Labute approximate surface area is 128 Å². The van der Waals surface area contributed by atoms with Crippen LogP contribution in [0.2, 0.25) is 0 Å². The maximum atomic E-state index is 12.5. The van der Waals surface area contributed by atoms with E-state index >= 15 is 0 Å². The minimum Gasteiger partial charge on any atom is -0.288 e. The molecule has 1 heterocycles. The van der Waals surface area contributed by atoms with Crippen molar-refractivity contribution >= 4 is 26.0 Å². The maximum Gasteiger partial charge on any atom is 0.243 e. The Bertz CT molecular complexity index is 632. The molecular weight excluding hydrogens is 342 g/mol. The molecule has 7 heteroatoms. The second kappa shape index (κ2) is 6.22. The van der Waals surface area contributed by atoms with Crippen molar-refractivity contribution in [1.82, 2.24) is 9.21 Å². The van der Waals surface area contributed by atoms with Crippen molar-refractivity contribution in [1.29, 1.82) is 5.26 Å². The molecule has 20 heavy (non-hydrogen) atoms. The fraction of sp³-hybridized carbons (Fsp3) is 0.462. The van der Waals surface area contributed by atoms with Crippen LogP contribution in [-0.2, 0) is 10.0 Å². The molecule has 0 aliphatic carbocycles. The highest BCUT2D eigenvalue weighted by atomic mass is 79.9. The predicted molar refractivity (Wildman–Crippen MR) is 79.7 cm³/mol. The van der Waals surface area contributed by atoms with E-state index in [-0.39, 0.29) is 0 Å². The van der Waals surface area contributed by atoms with Crippen LogP contribution in [-0.4, -0.2) is 50.3 Å². The van der Waals surface area contributed by atoms with Gasteiger partial charge < -0.3 is 0 Å². The molecule has 0 unspecified atom stereocenters. The van der Waals surface area contributed by atoms with Crippen molar-refractivity contribution in [2.24, 2.45) is 0 Å². The average molecular weight is 358 g/mol. The molecule has 0 amide bonds. The Hall–Kier alpha value is -0.940. The summed E-state index contributed by atoms with van der Waals surface area (Å²) in [5, 5.41) is 8.65. The molecule has 0 saturated carbocycles. The normalized spacial score (nSPS) is 17.9. The number of benzene rings is 1. The van der Waals surface area contributed by atoms with E-state index < -0.39 is 10.0 Å². The van der Waals surface area contributed by atoms with Gasteiger partial charge >= 0.3 is 0 Å². The number of nitrogens with zero attached hydrogens (tertiary/aromatic N) is 3. The number of piperazine rings is 1. The van der Waals surface area contributed by atoms with Gasteiger partial charge in [0.05, 0.1) is 17.5 Å². The van der Waals surface area contributed by atoms with Crippen molar-refractivity contribution in [2.75, 3.05) is 32.7 Å². The summed E-state index contributed by atoms with van der Waals surface area (Å²) in [6.07, 6.45) is 0. The molecular formula is C13H16BrN3O2S. The van der Waals surface area contributed by atoms with Crippen molar-refractivity contribution in [3.8, 4) is 6.07 Å². The van der Waals surface area contributed by atoms with Crippen LogP contribution >= 0.6 is 15.9 Å². The summed E-state index contributed by atoms with van der Waals surface area (Å²) in [6.45, 7) is 4.28. The number of rotatable bonds is 3. The van der Waals surface area contributed by atoms with Gasteiger partial charge in [-0.2, -0.15) is 9.57 Å². The third-order valence-electron chi connectivity index (χ3n) is 3.39. The first-order valence-electron chi connectivity index (χ1n) is 6.31. The standard InChI is InChI=1S/C13H16BrN3O2S/c1-11-10-12(2-3-13(11)14)20(18,19)17-8-6-16(5-4-15)7-9-17/h2-3,10H,5-9H2,1H3. The van der Waals surface area contributed by atoms with Crippen molar-refractivity contribution < 1.29 is 8.42 Å². The van der Waals surface area contributed by atoms with Crippen LogP contribution in [0.5, 0.6) is 0 Å². The van der Waals surface area contributed by atoms with Crippen LogP contribution in [0.1, 0.15) is 5.56 Å². The smallest absolute Gasteiger partial charge is 0.243 e. The molecule has 1 aromatic rings. The monoisotopic (exact) mass is 357 g/mol. The summed E-state index contributed by atoms with van der Waals surface area (Å²) >= 11 is 3.37. The van der Waals surface area contributed by atoms with E-state index in [9.17, 15) is 8.42 Å². The first-order chi connectivity index (χ1) is 9.45. The molecule has 108 valence electrons. The van der Waals surface area contributed by atoms with Crippen molar-refractivity contribution in [3.05, 3.63) is 28.2 Å². The van der Waals surface area contributed by atoms with Gasteiger partial charge in [-0.25, -0.2) is 8.42 Å². The largest absolute Gasteiger partial charge is 0.288 e. The quantitative estimate of drug-likeness (QED) is 0.770. The van der Waals surface area contributed by atoms with E-state index in [2.05, 4.69) is 22.0 Å². The molecule has 2 rings (SSSR count). The fourth-order valence-electron chi connectivity index (χ4n) is 2.15. The zero-order valence-electron chi connectivity index (χ0n) is 11.2. The molecule has 0 bridgehead atoms. The van der Waals surface area contributed by atoms with Gasteiger partial charge in [-0.15, -0.1) is 0 Å². The first kappa shape index (κ1) is 15.4. The molecule has 0 atom stereocenters. The topological polar surface area (TPSA) is 64.4 Å². The zero-order valence-corrected chi connectivity index (χ0v) is 13.6. The maximum absolute atomic E-state index is 12.5. The highest BCUT2D eigenvalue weighted by molar-refractivity contribution is 9.10. The zero-order chi connectivity index (χ0) is 14.8. The molecule has 5 nitrogen and oxygen atoms in total. The van der Waals surface area contributed by atoms with E-state index in [1.807, 2.05) is 11.8 Å². The van der Waals surface area contributed by atoms with Crippen LogP contribution in [0.3, 0.4) is 0 Å². The summed E-state index contributed by atoms with van der Waals surface area (Å²) in [4.78, 5) is 2.28. The summed E-state index contributed by atoms with van der Waals surface area (Å²) in [5.41, 5.74) is 0.897. The van der Waals surface area contributed by atoms with Crippen molar-refractivity contribution in [3.63, 3.8) is 0 Å². The van der Waals surface area contributed by atoms with E-state index in [1.54, 1.807) is 18.2 Å². The summed E-state index contributed by atoms with van der Waals surface area (Å²) < 4.78 is 27.5. The summed E-state index contributed by atoms with van der Waals surface area (Å²) in [6, 6.07) is 7.15. The molecule has 0 radical (unpaired) electrons. The molecule has 0 spiro atoms. The van der Waals surface area contributed by atoms with Crippen LogP contribution in [0, 0.1) is 18.3 Å². The third-order valence-corrected chi connectivity index (χ3v) is 6.18. The lowest BCUT2D eigenvalue weighted by molar-refractivity contribution is 0.206. The lowest BCUT2D eigenvalue weighted by Gasteiger charge is -2.32. The van der Waals surface area contributed by atoms with Gasteiger partial charge in [-0.05, 0) is 30.7 Å². The average Bonchev–Trinajstić information content (AvgIpc) is 2.43. The number of sulfonamides is 1. The van der Waals surface area contributed by atoms with Gasteiger partial charge in [0.15, 0.2) is 0 Å². The number of hydrogen-bond acceptors (Lipinski definition) is 4. The minimum absolute atomic E-state index is 0.326. The summed E-state index contributed by atoms with van der Waals surface area (Å²) in [7, 11) is -3.44. The van der Waals surface area contributed by atoms with Gasteiger partial charge in [-0.3, -0.25) is 4.90 Å². The Morgan fingerprint density at radius 3 is 2.50 bits per heavy atom. The van der Waals surface area contributed by atoms with Gasteiger partial charge in [0.2, 0.25) is 10.0 Å². The second-order valence-electron chi connectivity index (χ2n) is 4.75. The van der Waals surface area contributed by atoms with E-state index in [0.717, 1.165) is 10.0 Å². The molecule has 1 aliphatic heterocycles. The molecule has 1 aromatic carbocycles. The first-order valence-corrected chi connectivity index (χ1v) is 8.54. The SMILES string of the molecule is Cc1cc(S(=O)(=O)N2CCN(CC#N)CC2)ccc1Br. The minimum atomic E-state index is -3.44. The molecule has 0 aromatic heterocycles. The van der Waals surface area contributed by atoms with Gasteiger partial charge in [-0.1, -0.05) is 15.9 Å². The molecule has 1 fully saturated rings. The van der Waals surface area contributed by atoms with Crippen molar-refractivity contribution in [2.45, 2.75) is 11.8 Å². The Morgan fingerprint density at radius 1 is 1.30 bits per heavy atom. The third kappa shape index (κ3) is 3.20. The van der Waals surface area contributed by atoms with Crippen LogP contribution in [0.4, 0.5) is 0 Å². The lowest BCUT2D eigenvalue weighted by Crippen LogP contribution is -2.48. The Kier molecular flexibility index (Phi) is 4.81. The fourth-order valence-corrected chi connectivity index (χ4v) is 3.91. The van der Waals surface area contributed by atoms with E-state index in [4.69, 9.17) is 5.26 Å². The Balaban J connectivity index is 2.16. The number of aryl methyl sites for hydroxylation is 1. The highest BCUT2D eigenvalue weighted by Crippen LogP contribution is 2.23. The number of hydrogen-bond donors (Lipinski definition) is 0. The van der Waals surface area contributed by atoms with Gasteiger partial charge in [0.25, 0.3) is 0 Å². The number of halogens is 1. The van der Waals surface area contributed by atoms with Gasteiger partial charge in [0.1, 0.15) is 0 Å². The van der Waals surface area contributed by atoms with Crippen LogP contribution in [0.25, 0.3) is 0 Å². The molecule has 0 N–H and O–H groups in total. The van der Waals surface area contributed by atoms with Crippen LogP contribution < -0.4 is 0 Å². The molecule has 1 saturated heterocycles.